The van der Waals surface area contributed by atoms with Gasteiger partial charge in [0.05, 0.1) is 0 Å². The van der Waals surface area contributed by atoms with E-state index < -0.39 is 11.9 Å². The van der Waals surface area contributed by atoms with E-state index in [1.54, 1.807) is 18.2 Å². The molecule has 3 amide bonds. The summed E-state index contributed by atoms with van der Waals surface area (Å²) in [6.07, 6.45) is 0. The van der Waals surface area contributed by atoms with E-state index in [4.69, 9.17) is 5.11 Å². The van der Waals surface area contributed by atoms with E-state index in [1.165, 1.54) is 13.1 Å². The highest BCUT2D eigenvalue weighted by atomic mass is 16.4. The number of aliphatic carboxylic acids is 1. The van der Waals surface area contributed by atoms with Gasteiger partial charge in [0.1, 0.15) is 6.54 Å². The van der Waals surface area contributed by atoms with Gasteiger partial charge in [-0.3, -0.25) is 9.59 Å². The molecular weight excluding hydrogens is 274 g/mol. The van der Waals surface area contributed by atoms with Crippen molar-refractivity contribution in [1.82, 2.24) is 10.2 Å². The lowest BCUT2D eigenvalue weighted by molar-refractivity contribution is -0.137. The van der Waals surface area contributed by atoms with Crippen molar-refractivity contribution in [2.75, 3.05) is 18.9 Å². The zero-order chi connectivity index (χ0) is 16.0. The average molecular weight is 293 g/mol. The zero-order valence-electron chi connectivity index (χ0n) is 12.2. The number of amides is 3. The van der Waals surface area contributed by atoms with E-state index in [0.29, 0.717) is 11.3 Å². The maximum atomic E-state index is 12.0. The highest BCUT2D eigenvalue weighted by Gasteiger charge is 2.15. The largest absolute Gasteiger partial charge is 0.480 e. The molecular formula is C14H19N3O4. The number of nitrogens with one attached hydrogen (secondary N) is 2. The van der Waals surface area contributed by atoms with Crippen molar-refractivity contribution in [2.24, 2.45) is 0 Å². The summed E-state index contributed by atoms with van der Waals surface area (Å²) < 4.78 is 0. The van der Waals surface area contributed by atoms with Crippen LogP contribution in [0.4, 0.5) is 10.5 Å². The maximum absolute atomic E-state index is 12.0. The molecule has 0 spiro atoms. The van der Waals surface area contributed by atoms with Gasteiger partial charge < -0.3 is 20.6 Å². The van der Waals surface area contributed by atoms with E-state index in [0.717, 1.165) is 4.90 Å². The predicted octanol–water partition coefficient (Wildman–Crippen LogP) is 1.37. The number of rotatable bonds is 5. The van der Waals surface area contributed by atoms with Crippen molar-refractivity contribution < 1.29 is 19.5 Å². The van der Waals surface area contributed by atoms with Crippen LogP contribution in [0.3, 0.4) is 0 Å². The van der Waals surface area contributed by atoms with Gasteiger partial charge in [0, 0.05) is 24.3 Å². The first-order valence-electron chi connectivity index (χ1n) is 6.44. The van der Waals surface area contributed by atoms with E-state index >= 15 is 0 Å². The maximum Gasteiger partial charge on any atom is 0.323 e. The first kappa shape index (κ1) is 16.5. The summed E-state index contributed by atoms with van der Waals surface area (Å²) in [5, 5.41) is 14.0. The van der Waals surface area contributed by atoms with E-state index in [-0.39, 0.29) is 18.6 Å². The fraction of sp³-hybridized carbons (Fsp3) is 0.357. The van der Waals surface area contributed by atoms with E-state index in [1.807, 2.05) is 13.8 Å². The lowest BCUT2D eigenvalue weighted by Gasteiger charge is -2.15. The molecule has 3 N–H and O–H groups in total. The number of anilines is 1. The van der Waals surface area contributed by atoms with Crippen LogP contribution in [0.25, 0.3) is 0 Å². The Hall–Kier alpha value is -2.57. The second-order valence-electron chi connectivity index (χ2n) is 4.89. The minimum absolute atomic E-state index is 0.00323. The lowest BCUT2D eigenvalue weighted by Crippen LogP contribution is -2.34. The summed E-state index contributed by atoms with van der Waals surface area (Å²) in [5.74, 6) is -1.51. The lowest BCUT2D eigenvalue weighted by atomic mass is 10.2. The van der Waals surface area contributed by atoms with Gasteiger partial charge in [-0.05, 0) is 32.0 Å². The monoisotopic (exact) mass is 293 g/mol. The highest BCUT2D eigenvalue weighted by Crippen LogP contribution is 2.12. The Kier molecular flexibility index (Phi) is 5.71. The third kappa shape index (κ3) is 5.52. The predicted molar refractivity (Wildman–Crippen MR) is 78.3 cm³/mol. The average Bonchev–Trinajstić information content (AvgIpc) is 2.36. The summed E-state index contributed by atoms with van der Waals surface area (Å²) in [6, 6.07) is 5.96. The molecule has 1 aromatic rings. The van der Waals surface area contributed by atoms with Crippen LogP contribution < -0.4 is 10.6 Å². The molecule has 0 aliphatic carbocycles. The molecule has 114 valence electrons. The van der Waals surface area contributed by atoms with Crippen LogP contribution in [0, 0.1) is 0 Å². The van der Waals surface area contributed by atoms with Crippen molar-refractivity contribution in [2.45, 2.75) is 19.9 Å². The molecule has 0 fully saturated rings. The number of nitrogens with zero attached hydrogens (tertiary/aromatic N) is 1. The molecule has 0 atom stereocenters. The van der Waals surface area contributed by atoms with Gasteiger partial charge in [-0.15, -0.1) is 0 Å². The van der Waals surface area contributed by atoms with Crippen LogP contribution >= 0.6 is 0 Å². The summed E-state index contributed by atoms with van der Waals surface area (Å²) >= 11 is 0. The van der Waals surface area contributed by atoms with Crippen molar-refractivity contribution in [3.8, 4) is 0 Å². The number of hydrogen-bond acceptors (Lipinski definition) is 3. The third-order valence-electron chi connectivity index (χ3n) is 2.51. The molecule has 0 saturated carbocycles. The smallest absolute Gasteiger partial charge is 0.323 e. The minimum atomic E-state index is -1.09. The molecule has 0 heterocycles. The Morgan fingerprint density at radius 2 is 1.95 bits per heavy atom. The van der Waals surface area contributed by atoms with E-state index in [2.05, 4.69) is 10.6 Å². The number of carboxylic acid groups (broad SMARTS) is 1. The fourth-order valence-electron chi connectivity index (χ4n) is 1.65. The van der Waals surface area contributed by atoms with Gasteiger partial charge in [-0.1, -0.05) is 6.07 Å². The van der Waals surface area contributed by atoms with Crippen molar-refractivity contribution in [3.05, 3.63) is 29.8 Å². The number of carbonyl (C=O) groups excluding carboxylic acids is 2. The SMILES string of the molecule is CC(C)NC(=O)Nc1cccc(C(=O)N(C)CC(=O)O)c1. The molecule has 0 aliphatic rings. The van der Waals surface area contributed by atoms with Gasteiger partial charge in [-0.2, -0.15) is 0 Å². The molecule has 1 aromatic carbocycles. The fourth-order valence-corrected chi connectivity index (χ4v) is 1.65. The molecule has 0 unspecified atom stereocenters. The number of carbonyl (C=O) groups is 3. The molecule has 0 aromatic heterocycles. The van der Waals surface area contributed by atoms with Crippen molar-refractivity contribution in [1.29, 1.82) is 0 Å². The van der Waals surface area contributed by atoms with Gasteiger partial charge in [-0.25, -0.2) is 4.79 Å². The molecule has 0 bridgehead atoms. The van der Waals surface area contributed by atoms with Crippen molar-refractivity contribution >= 4 is 23.6 Å². The summed E-state index contributed by atoms with van der Waals surface area (Å²) in [4.78, 5) is 35.3. The molecule has 0 radical (unpaired) electrons. The Morgan fingerprint density at radius 1 is 1.29 bits per heavy atom. The summed E-state index contributed by atoms with van der Waals surface area (Å²) in [6.45, 7) is 3.28. The van der Waals surface area contributed by atoms with Gasteiger partial charge in [0.25, 0.3) is 5.91 Å². The van der Waals surface area contributed by atoms with Crippen LogP contribution in [0.5, 0.6) is 0 Å². The normalized spacial score (nSPS) is 10.1. The molecule has 0 saturated heterocycles. The van der Waals surface area contributed by atoms with Crippen LogP contribution in [0.15, 0.2) is 24.3 Å². The molecule has 7 heteroatoms. The Balaban J connectivity index is 2.78. The highest BCUT2D eigenvalue weighted by molar-refractivity contribution is 5.97. The number of carboxylic acids is 1. The zero-order valence-corrected chi connectivity index (χ0v) is 12.2. The standard InChI is InChI=1S/C14H19N3O4/c1-9(2)15-14(21)16-11-6-4-5-10(7-11)13(20)17(3)8-12(18)19/h4-7,9H,8H2,1-3H3,(H,18,19)(H2,15,16,21). The second kappa shape index (κ2) is 7.28. The van der Waals surface area contributed by atoms with Gasteiger partial charge in [0.15, 0.2) is 0 Å². The summed E-state index contributed by atoms with van der Waals surface area (Å²) in [7, 11) is 1.40. The third-order valence-corrected chi connectivity index (χ3v) is 2.51. The first-order valence-corrected chi connectivity index (χ1v) is 6.44. The van der Waals surface area contributed by atoms with Crippen molar-refractivity contribution in [3.63, 3.8) is 0 Å². The topological polar surface area (TPSA) is 98.7 Å². The van der Waals surface area contributed by atoms with Gasteiger partial charge in [0.2, 0.25) is 0 Å². The Labute approximate surface area is 122 Å². The number of hydrogen-bond donors (Lipinski definition) is 3. The summed E-state index contributed by atoms with van der Waals surface area (Å²) in [5.41, 5.74) is 0.767. The van der Waals surface area contributed by atoms with Crippen LogP contribution in [-0.2, 0) is 4.79 Å². The van der Waals surface area contributed by atoms with Crippen LogP contribution in [0.1, 0.15) is 24.2 Å². The second-order valence-corrected chi connectivity index (χ2v) is 4.89. The number of benzene rings is 1. The molecule has 1 rings (SSSR count). The van der Waals surface area contributed by atoms with Gasteiger partial charge >= 0.3 is 12.0 Å². The van der Waals surface area contributed by atoms with Crippen LogP contribution in [0.2, 0.25) is 0 Å². The Morgan fingerprint density at radius 3 is 2.52 bits per heavy atom. The Bertz CT molecular complexity index is 543. The number of urea groups is 1. The first-order chi connectivity index (χ1) is 9.79. The molecule has 21 heavy (non-hydrogen) atoms. The number of likely N-dealkylation sites (N-methyl/N-ethyl adjacent to an activating group) is 1. The molecule has 7 nitrogen and oxygen atoms in total. The minimum Gasteiger partial charge on any atom is -0.480 e. The van der Waals surface area contributed by atoms with Crippen LogP contribution in [-0.4, -0.2) is 47.5 Å². The van der Waals surface area contributed by atoms with E-state index in [9.17, 15) is 14.4 Å². The molecule has 0 aliphatic heterocycles. The quantitative estimate of drug-likeness (QED) is 0.763.